The minimum atomic E-state index is -0.743. The average Bonchev–Trinajstić information content (AvgIpc) is 2.13. The summed E-state index contributed by atoms with van der Waals surface area (Å²) in [5.41, 5.74) is -0.0727. The first-order valence-corrected chi connectivity index (χ1v) is 4.46. The number of rotatable bonds is 1. The molecule has 0 unspecified atom stereocenters. The number of nitrogens with one attached hydrogen (secondary N) is 1. The summed E-state index contributed by atoms with van der Waals surface area (Å²) in [6.45, 7) is 0. The van der Waals surface area contributed by atoms with Gasteiger partial charge in [0.25, 0.3) is 0 Å². The third-order valence-electron chi connectivity index (χ3n) is 1.68. The number of nitrogens with zero attached hydrogens (tertiary/aromatic N) is 1. The Balaban J connectivity index is 2.96. The maximum atomic E-state index is 13.2. The second kappa shape index (κ2) is 4.35. The summed E-state index contributed by atoms with van der Waals surface area (Å²) < 4.78 is 13.2. The van der Waals surface area contributed by atoms with Crippen LogP contribution in [0.2, 0.25) is 5.02 Å². The van der Waals surface area contributed by atoms with Crippen LogP contribution in [0.3, 0.4) is 0 Å². The lowest BCUT2D eigenvalue weighted by molar-refractivity contribution is 0.230. The van der Waals surface area contributed by atoms with Crippen LogP contribution in [-0.2, 0) is 0 Å². The number of halogens is 2. The van der Waals surface area contributed by atoms with Gasteiger partial charge in [-0.1, -0.05) is 11.6 Å². The lowest BCUT2D eigenvalue weighted by atomic mass is 10.3. The summed E-state index contributed by atoms with van der Waals surface area (Å²) in [6, 6.07) is 1.51. The van der Waals surface area contributed by atoms with Gasteiger partial charge in [0.15, 0.2) is 5.82 Å². The number of aromatic hydroxyl groups is 1. The Morgan fingerprint density at radius 3 is 2.67 bits per heavy atom. The van der Waals surface area contributed by atoms with E-state index in [-0.39, 0.29) is 16.5 Å². The zero-order chi connectivity index (χ0) is 11.6. The van der Waals surface area contributed by atoms with Crippen LogP contribution in [0, 0.1) is 5.82 Å². The molecule has 0 heterocycles. The first kappa shape index (κ1) is 11.6. The molecule has 0 bridgehead atoms. The molecule has 1 aromatic carbocycles. The van der Waals surface area contributed by atoms with Gasteiger partial charge < -0.3 is 15.3 Å². The van der Waals surface area contributed by atoms with Gasteiger partial charge in [-0.2, -0.15) is 0 Å². The normalized spacial score (nSPS) is 9.87. The Hall–Kier alpha value is -1.49. The molecular formula is C9H10ClFN2O2. The number of carbonyl (C=O) groups excluding carboxylic acids is 1. The van der Waals surface area contributed by atoms with Gasteiger partial charge in [0.05, 0.1) is 10.7 Å². The fourth-order valence-electron chi connectivity index (χ4n) is 0.859. The van der Waals surface area contributed by atoms with Crippen LogP contribution in [-0.4, -0.2) is 30.1 Å². The Bertz CT molecular complexity index is 396. The zero-order valence-corrected chi connectivity index (χ0v) is 8.97. The molecule has 1 rings (SSSR count). The van der Waals surface area contributed by atoms with Crippen molar-refractivity contribution in [2.45, 2.75) is 0 Å². The van der Waals surface area contributed by atoms with E-state index in [9.17, 15) is 9.18 Å². The molecule has 0 spiro atoms. The molecule has 0 fully saturated rings. The standard InChI is InChI=1S/C9H10ClFN2O2/c1-13(2)9(15)12-7-3-5(10)8(14)4-6(7)11/h3-4,14H,1-2H3,(H,12,15). The van der Waals surface area contributed by atoms with Crippen LogP contribution in [0.25, 0.3) is 0 Å². The van der Waals surface area contributed by atoms with Gasteiger partial charge >= 0.3 is 6.03 Å². The highest BCUT2D eigenvalue weighted by Crippen LogP contribution is 2.29. The molecule has 82 valence electrons. The summed E-state index contributed by atoms with van der Waals surface area (Å²) in [4.78, 5) is 12.5. The van der Waals surface area contributed by atoms with Crippen molar-refractivity contribution in [3.63, 3.8) is 0 Å². The van der Waals surface area contributed by atoms with Crippen LogP contribution in [0.15, 0.2) is 12.1 Å². The first-order valence-electron chi connectivity index (χ1n) is 4.08. The summed E-state index contributed by atoms with van der Waals surface area (Å²) in [6.07, 6.45) is 0. The van der Waals surface area contributed by atoms with E-state index in [0.29, 0.717) is 0 Å². The highest BCUT2D eigenvalue weighted by molar-refractivity contribution is 6.32. The van der Waals surface area contributed by atoms with Crippen molar-refractivity contribution in [2.75, 3.05) is 19.4 Å². The second-order valence-electron chi connectivity index (χ2n) is 3.11. The quantitative estimate of drug-likeness (QED) is 0.730. The number of hydrogen-bond donors (Lipinski definition) is 2. The smallest absolute Gasteiger partial charge is 0.321 e. The predicted octanol–water partition coefficient (Wildman–Crippen LogP) is 2.28. The number of phenolic OH excluding ortho intramolecular Hbond substituents is 1. The summed E-state index contributed by atoms with van der Waals surface area (Å²) in [5, 5.41) is 11.3. The Kier molecular flexibility index (Phi) is 3.36. The number of hydrogen-bond acceptors (Lipinski definition) is 2. The van der Waals surface area contributed by atoms with Crippen molar-refractivity contribution >= 4 is 23.3 Å². The lowest BCUT2D eigenvalue weighted by Gasteiger charge is -2.12. The molecule has 1 aromatic rings. The molecule has 0 aliphatic carbocycles. The number of benzene rings is 1. The van der Waals surface area contributed by atoms with E-state index in [1.54, 1.807) is 0 Å². The third kappa shape index (κ3) is 2.73. The van der Waals surface area contributed by atoms with Crippen molar-refractivity contribution in [1.82, 2.24) is 4.90 Å². The van der Waals surface area contributed by atoms with Gasteiger partial charge in [0.2, 0.25) is 0 Å². The lowest BCUT2D eigenvalue weighted by Crippen LogP contribution is -2.27. The predicted molar refractivity (Wildman–Crippen MR) is 55.8 cm³/mol. The van der Waals surface area contributed by atoms with E-state index >= 15 is 0 Å². The average molecular weight is 233 g/mol. The molecule has 0 aromatic heterocycles. The highest BCUT2D eigenvalue weighted by atomic mass is 35.5. The van der Waals surface area contributed by atoms with Gasteiger partial charge in [-0.15, -0.1) is 0 Å². The summed E-state index contributed by atoms with van der Waals surface area (Å²) in [7, 11) is 3.05. The minimum Gasteiger partial charge on any atom is -0.506 e. The molecular weight excluding hydrogens is 223 g/mol. The molecule has 0 radical (unpaired) electrons. The van der Waals surface area contributed by atoms with Gasteiger partial charge in [-0.05, 0) is 6.07 Å². The van der Waals surface area contributed by atoms with E-state index in [2.05, 4.69) is 5.32 Å². The van der Waals surface area contributed by atoms with Crippen molar-refractivity contribution in [2.24, 2.45) is 0 Å². The van der Waals surface area contributed by atoms with Crippen molar-refractivity contribution in [1.29, 1.82) is 0 Å². The Morgan fingerprint density at radius 1 is 1.53 bits per heavy atom. The van der Waals surface area contributed by atoms with E-state index in [1.807, 2.05) is 0 Å². The van der Waals surface area contributed by atoms with Crippen LogP contribution >= 0.6 is 11.6 Å². The van der Waals surface area contributed by atoms with E-state index in [4.69, 9.17) is 16.7 Å². The SMILES string of the molecule is CN(C)C(=O)Nc1cc(Cl)c(O)cc1F. The molecule has 0 aliphatic rings. The fraction of sp³-hybridized carbons (Fsp3) is 0.222. The minimum absolute atomic E-state index is 0.0227. The van der Waals surface area contributed by atoms with Crippen LogP contribution in [0.1, 0.15) is 0 Å². The van der Waals surface area contributed by atoms with Crippen molar-refractivity contribution < 1.29 is 14.3 Å². The molecule has 0 aliphatic heterocycles. The van der Waals surface area contributed by atoms with Gasteiger partial charge in [0, 0.05) is 20.2 Å². The van der Waals surface area contributed by atoms with E-state index in [0.717, 1.165) is 12.1 Å². The molecule has 4 nitrogen and oxygen atoms in total. The second-order valence-corrected chi connectivity index (χ2v) is 3.52. The Labute approximate surface area is 91.3 Å². The van der Waals surface area contributed by atoms with Crippen LogP contribution < -0.4 is 5.32 Å². The highest BCUT2D eigenvalue weighted by Gasteiger charge is 2.11. The molecule has 0 saturated heterocycles. The zero-order valence-electron chi connectivity index (χ0n) is 8.21. The van der Waals surface area contributed by atoms with E-state index < -0.39 is 11.8 Å². The maximum absolute atomic E-state index is 13.2. The number of amides is 2. The molecule has 2 amide bonds. The van der Waals surface area contributed by atoms with E-state index in [1.165, 1.54) is 19.0 Å². The molecule has 6 heteroatoms. The molecule has 15 heavy (non-hydrogen) atoms. The largest absolute Gasteiger partial charge is 0.506 e. The number of carbonyl (C=O) groups is 1. The summed E-state index contributed by atoms with van der Waals surface area (Å²) in [5.74, 6) is -1.11. The molecule has 0 atom stereocenters. The topological polar surface area (TPSA) is 52.6 Å². The number of phenols is 1. The van der Waals surface area contributed by atoms with Gasteiger partial charge in [-0.25, -0.2) is 9.18 Å². The number of urea groups is 1. The fourth-order valence-corrected chi connectivity index (χ4v) is 1.02. The van der Waals surface area contributed by atoms with Crippen LogP contribution in [0.4, 0.5) is 14.9 Å². The van der Waals surface area contributed by atoms with Gasteiger partial charge in [-0.3, -0.25) is 0 Å². The van der Waals surface area contributed by atoms with Gasteiger partial charge in [0.1, 0.15) is 5.75 Å². The summed E-state index contributed by atoms with van der Waals surface area (Å²) >= 11 is 5.57. The van der Waals surface area contributed by atoms with Crippen molar-refractivity contribution in [3.8, 4) is 5.75 Å². The molecule has 2 N–H and O–H groups in total. The third-order valence-corrected chi connectivity index (χ3v) is 1.99. The first-order chi connectivity index (χ1) is 6.91. The number of anilines is 1. The Morgan fingerprint density at radius 2 is 2.13 bits per heavy atom. The maximum Gasteiger partial charge on any atom is 0.321 e. The van der Waals surface area contributed by atoms with Crippen molar-refractivity contribution in [3.05, 3.63) is 23.0 Å². The van der Waals surface area contributed by atoms with Crippen LogP contribution in [0.5, 0.6) is 5.75 Å². The monoisotopic (exact) mass is 232 g/mol. The molecule has 0 saturated carbocycles.